The molecular weight excluding hydrogens is 268 g/mol. The van der Waals surface area contributed by atoms with Crippen molar-refractivity contribution in [2.45, 2.75) is 26.3 Å². The van der Waals surface area contributed by atoms with Gasteiger partial charge in [-0.05, 0) is 30.7 Å². The standard InChI is InChI=1S/C15H16N4O2/c1-2-5-13-17-18-14-12(7-3-8-19(13)14)15(20)16-10-11-6-4-9-21-11/h3-4,6-9H,2,5,10H2,1H3,(H,16,20). The largest absolute Gasteiger partial charge is 0.467 e. The van der Waals surface area contributed by atoms with Gasteiger partial charge >= 0.3 is 0 Å². The summed E-state index contributed by atoms with van der Waals surface area (Å²) in [5.41, 5.74) is 1.09. The average molecular weight is 284 g/mol. The summed E-state index contributed by atoms with van der Waals surface area (Å²) in [6.45, 7) is 2.43. The fourth-order valence-electron chi connectivity index (χ4n) is 2.21. The highest BCUT2D eigenvalue weighted by Crippen LogP contribution is 2.12. The van der Waals surface area contributed by atoms with E-state index < -0.39 is 0 Å². The number of hydrogen-bond donors (Lipinski definition) is 1. The van der Waals surface area contributed by atoms with Crippen molar-refractivity contribution in [3.8, 4) is 0 Å². The van der Waals surface area contributed by atoms with E-state index in [4.69, 9.17) is 4.42 Å². The van der Waals surface area contributed by atoms with Gasteiger partial charge in [0, 0.05) is 12.6 Å². The lowest BCUT2D eigenvalue weighted by molar-refractivity contribution is 0.0949. The summed E-state index contributed by atoms with van der Waals surface area (Å²) < 4.78 is 7.06. The first kappa shape index (κ1) is 13.4. The van der Waals surface area contributed by atoms with Gasteiger partial charge in [0.05, 0.1) is 18.4 Å². The third-order valence-electron chi connectivity index (χ3n) is 3.23. The predicted octanol–water partition coefficient (Wildman–Crippen LogP) is 2.20. The van der Waals surface area contributed by atoms with E-state index in [1.807, 2.05) is 22.7 Å². The summed E-state index contributed by atoms with van der Waals surface area (Å²) in [4.78, 5) is 12.3. The van der Waals surface area contributed by atoms with Crippen LogP contribution in [-0.2, 0) is 13.0 Å². The van der Waals surface area contributed by atoms with E-state index in [1.165, 1.54) is 0 Å². The second-order valence-corrected chi connectivity index (χ2v) is 4.74. The number of hydrogen-bond acceptors (Lipinski definition) is 4. The van der Waals surface area contributed by atoms with Crippen LogP contribution in [-0.4, -0.2) is 20.5 Å². The Bertz CT molecular complexity index is 746. The number of carbonyl (C=O) groups excluding carboxylic acids is 1. The molecule has 0 aliphatic heterocycles. The molecule has 0 atom stereocenters. The van der Waals surface area contributed by atoms with Crippen molar-refractivity contribution in [3.05, 3.63) is 53.9 Å². The molecule has 3 rings (SSSR count). The van der Waals surface area contributed by atoms with Crippen LogP contribution in [0, 0.1) is 0 Å². The number of rotatable bonds is 5. The van der Waals surface area contributed by atoms with Gasteiger partial charge in [0.1, 0.15) is 11.6 Å². The molecule has 1 N–H and O–H groups in total. The predicted molar refractivity (Wildman–Crippen MR) is 76.9 cm³/mol. The van der Waals surface area contributed by atoms with E-state index in [0.717, 1.165) is 18.7 Å². The van der Waals surface area contributed by atoms with Crippen LogP contribution in [0.4, 0.5) is 0 Å². The molecule has 3 aromatic heterocycles. The van der Waals surface area contributed by atoms with Gasteiger partial charge in [0.2, 0.25) is 0 Å². The highest BCUT2D eigenvalue weighted by Gasteiger charge is 2.14. The summed E-state index contributed by atoms with van der Waals surface area (Å²) in [5, 5.41) is 11.1. The number of aromatic nitrogens is 3. The maximum atomic E-state index is 12.3. The summed E-state index contributed by atoms with van der Waals surface area (Å²) in [5.74, 6) is 1.39. The van der Waals surface area contributed by atoms with Crippen LogP contribution in [0.1, 0.15) is 35.3 Å². The summed E-state index contributed by atoms with van der Waals surface area (Å²) in [6, 6.07) is 7.18. The molecular formula is C15H16N4O2. The second kappa shape index (κ2) is 5.78. The number of furan rings is 1. The fourth-order valence-corrected chi connectivity index (χ4v) is 2.21. The molecule has 0 aliphatic carbocycles. The summed E-state index contributed by atoms with van der Waals surface area (Å²) in [6.07, 6.45) is 5.27. The number of pyridine rings is 1. The molecule has 0 spiro atoms. The van der Waals surface area contributed by atoms with E-state index in [1.54, 1.807) is 18.4 Å². The van der Waals surface area contributed by atoms with Crippen molar-refractivity contribution < 1.29 is 9.21 Å². The first-order valence-corrected chi connectivity index (χ1v) is 6.93. The maximum Gasteiger partial charge on any atom is 0.255 e. The normalized spacial score (nSPS) is 10.9. The fraction of sp³-hybridized carbons (Fsp3) is 0.267. The minimum atomic E-state index is -0.188. The SMILES string of the molecule is CCCc1nnc2c(C(=O)NCc3ccco3)cccn12. The van der Waals surface area contributed by atoms with Crippen LogP contribution in [0.2, 0.25) is 0 Å². The van der Waals surface area contributed by atoms with Gasteiger partial charge in [-0.1, -0.05) is 6.92 Å². The van der Waals surface area contributed by atoms with Crippen LogP contribution in [0.25, 0.3) is 5.65 Å². The second-order valence-electron chi connectivity index (χ2n) is 4.74. The minimum absolute atomic E-state index is 0.188. The number of carbonyl (C=O) groups is 1. The van der Waals surface area contributed by atoms with Gasteiger partial charge in [-0.15, -0.1) is 10.2 Å². The van der Waals surface area contributed by atoms with Crippen molar-refractivity contribution in [1.82, 2.24) is 19.9 Å². The van der Waals surface area contributed by atoms with E-state index in [0.29, 0.717) is 23.5 Å². The molecule has 0 aliphatic rings. The highest BCUT2D eigenvalue weighted by atomic mass is 16.3. The Balaban J connectivity index is 1.84. The molecule has 3 aromatic rings. The Morgan fingerprint density at radius 1 is 1.33 bits per heavy atom. The number of amides is 1. The number of aryl methyl sites for hydroxylation is 1. The number of fused-ring (bicyclic) bond motifs is 1. The first-order chi connectivity index (χ1) is 10.3. The van der Waals surface area contributed by atoms with Crippen molar-refractivity contribution in [2.24, 2.45) is 0 Å². The van der Waals surface area contributed by atoms with Gasteiger partial charge in [-0.3, -0.25) is 9.20 Å². The smallest absolute Gasteiger partial charge is 0.255 e. The van der Waals surface area contributed by atoms with Crippen LogP contribution in [0.15, 0.2) is 41.1 Å². The van der Waals surface area contributed by atoms with Crippen LogP contribution < -0.4 is 5.32 Å². The topological polar surface area (TPSA) is 72.4 Å². The minimum Gasteiger partial charge on any atom is -0.467 e. The molecule has 1 amide bonds. The zero-order valence-corrected chi connectivity index (χ0v) is 11.7. The van der Waals surface area contributed by atoms with E-state index in [9.17, 15) is 4.79 Å². The molecule has 0 aromatic carbocycles. The molecule has 21 heavy (non-hydrogen) atoms. The highest BCUT2D eigenvalue weighted by molar-refractivity contribution is 5.99. The van der Waals surface area contributed by atoms with Gasteiger partial charge in [0.25, 0.3) is 5.91 Å². The molecule has 108 valence electrons. The van der Waals surface area contributed by atoms with Gasteiger partial charge in [-0.2, -0.15) is 0 Å². The average Bonchev–Trinajstić information content (AvgIpc) is 3.15. The molecule has 3 heterocycles. The monoisotopic (exact) mass is 284 g/mol. The van der Waals surface area contributed by atoms with E-state index in [2.05, 4.69) is 22.4 Å². The third-order valence-corrected chi connectivity index (χ3v) is 3.23. The molecule has 6 nitrogen and oxygen atoms in total. The van der Waals surface area contributed by atoms with Crippen molar-refractivity contribution in [2.75, 3.05) is 0 Å². The van der Waals surface area contributed by atoms with E-state index in [-0.39, 0.29) is 5.91 Å². The summed E-state index contributed by atoms with van der Waals surface area (Å²) in [7, 11) is 0. The zero-order valence-electron chi connectivity index (χ0n) is 11.7. The Morgan fingerprint density at radius 2 is 2.24 bits per heavy atom. The molecule has 0 fully saturated rings. The zero-order chi connectivity index (χ0) is 14.7. The lowest BCUT2D eigenvalue weighted by atomic mass is 10.2. The van der Waals surface area contributed by atoms with Crippen molar-refractivity contribution in [1.29, 1.82) is 0 Å². The van der Waals surface area contributed by atoms with Crippen molar-refractivity contribution >= 4 is 11.6 Å². The first-order valence-electron chi connectivity index (χ1n) is 6.93. The Kier molecular flexibility index (Phi) is 3.68. The van der Waals surface area contributed by atoms with Crippen LogP contribution in [0.3, 0.4) is 0 Å². The Hall–Kier alpha value is -2.63. The quantitative estimate of drug-likeness (QED) is 0.779. The lowest BCUT2D eigenvalue weighted by Crippen LogP contribution is -2.23. The van der Waals surface area contributed by atoms with Gasteiger partial charge in [0.15, 0.2) is 5.65 Å². The molecule has 0 radical (unpaired) electrons. The molecule has 0 saturated heterocycles. The number of nitrogens with one attached hydrogen (secondary N) is 1. The van der Waals surface area contributed by atoms with Crippen molar-refractivity contribution in [3.63, 3.8) is 0 Å². The van der Waals surface area contributed by atoms with Crippen LogP contribution >= 0.6 is 0 Å². The van der Waals surface area contributed by atoms with Crippen LogP contribution in [0.5, 0.6) is 0 Å². The maximum absolute atomic E-state index is 12.3. The molecule has 0 bridgehead atoms. The van der Waals surface area contributed by atoms with Gasteiger partial charge in [-0.25, -0.2) is 0 Å². The van der Waals surface area contributed by atoms with E-state index >= 15 is 0 Å². The van der Waals surface area contributed by atoms with Gasteiger partial charge < -0.3 is 9.73 Å². The Labute approximate surface area is 121 Å². The molecule has 6 heteroatoms. The third kappa shape index (κ3) is 2.65. The lowest BCUT2D eigenvalue weighted by Gasteiger charge is -2.05. The molecule has 0 unspecified atom stereocenters. The summed E-state index contributed by atoms with van der Waals surface area (Å²) >= 11 is 0. The molecule has 0 saturated carbocycles. The Morgan fingerprint density at radius 3 is 3.00 bits per heavy atom. The number of nitrogens with zero attached hydrogens (tertiary/aromatic N) is 3.